The maximum Gasteiger partial charge on any atom is 0.337 e. The van der Waals surface area contributed by atoms with E-state index in [2.05, 4.69) is 25.9 Å². The third kappa shape index (κ3) is 6.14. The molecule has 0 radical (unpaired) electrons. The second-order valence-electron chi connectivity index (χ2n) is 6.56. The van der Waals surface area contributed by atoms with Gasteiger partial charge in [-0.3, -0.25) is 14.9 Å². The number of nitro groups is 1. The molecule has 1 heterocycles. The Bertz CT molecular complexity index is 1270. The van der Waals surface area contributed by atoms with Crippen LogP contribution >= 0.6 is 12.4 Å². The predicted molar refractivity (Wildman–Crippen MR) is 124 cm³/mol. The smallest absolute Gasteiger partial charge is 0.337 e. The zero-order valence-corrected chi connectivity index (χ0v) is 18.1. The van der Waals surface area contributed by atoms with Gasteiger partial charge in [-0.05, 0) is 42.5 Å². The number of rotatable bonds is 8. The van der Waals surface area contributed by atoms with Gasteiger partial charge in [0.15, 0.2) is 0 Å². The Morgan fingerprint density at radius 2 is 1.62 bits per heavy atom. The van der Waals surface area contributed by atoms with E-state index in [1.807, 2.05) is 0 Å². The molecule has 0 aliphatic rings. The standard InChI is InChI=1S/C20H16N6O7.ClH/c1-10(27)22-12-3-5-13(6-4-12)23-20-21-9-16(26(32)33)17(25-20)24-15-8-11(18(28)29)2-7-14(15)19(30)31;/h2-9H,1H3,(H,22,27)(H,28,29)(H,30,31)(H2,21,23,24,25);1H. The molecule has 2 aromatic carbocycles. The van der Waals surface area contributed by atoms with Crippen molar-refractivity contribution in [2.24, 2.45) is 0 Å². The van der Waals surface area contributed by atoms with Crippen LogP contribution in [0.1, 0.15) is 27.6 Å². The molecule has 0 saturated heterocycles. The number of carboxylic acid groups (broad SMARTS) is 2. The fraction of sp³-hybridized carbons (Fsp3) is 0.0500. The Morgan fingerprint density at radius 1 is 0.971 bits per heavy atom. The predicted octanol–water partition coefficient (Wildman–Crippen LogP) is 3.65. The molecule has 0 aliphatic carbocycles. The number of nitrogens with zero attached hydrogens (tertiary/aromatic N) is 3. The van der Waals surface area contributed by atoms with Gasteiger partial charge < -0.3 is 26.2 Å². The highest BCUT2D eigenvalue weighted by Gasteiger charge is 2.21. The molecule has 0 saturated carbocycles. The van der Waals surface area contributed by atoms with Gasteiger partial charge in [0.2, 0.25) is 17.7 Å². The van der Waals surface area contributed by atoms with E-state index in [0.29, 0.717) is 11.4 Å². The van der Waals surface area contributed by atoms with E-state index < -0.39 is 22.5 Å². The lowest BCUT2D eigenvalue weighted by atomic mass is 10.1. The summed E-state index contributed by atoms with van der Waals surface area (Å²) in [5.74, 6) is -3.32. The molecule has 0 bridgehead atoms. The van der Waals surface area contributed by atoms with E-state index >= 15 is 0 Å². The summed E-state index contributed by atoms with van der Waals surface area (Å²) in [7, 11) is 0. The normalized spacial score (nSPS) is 9.91. The number of hydrogen-bond acceptors (Lipinski definition) is 9. The van der Waals surface area contributed by atoms with E-state index in [1.54, 1.807) is 24.3 Å². The number of aromatic carboxylic acids is 2. The first-order valence-electron chi connectivity index (χ1n) is 9.18. The maximum absolute atomic E-state index is 11.5. The van der Waals surface area contributed by atoms with Gasteiger partial charge in [-0.15, -0.1) is 12.4 Å². The van der Waals surface area contributed by atoms with Gasteiger partial charge in [-0.25, -0.2) is 14.6 Å². The number of carbonyl (C=O) groups excluding carboxylic acids is 1. The second kappa shape index (κ2) is 10.7. The fourth-order valence-corrected chi connectivity index (χ4v) is 2.73. The second-order valence-corrected chi connectivity index (χ2v) is 6.56. The average Bonchev–Trinajstić information content (AvgIpc) is 2.74. The molecule has 0 fully saturated rings. The van der Waals surface area contributed by atoms with Crippen LogP contribution in [-0.2, 0) is 4.79 Å². The van der Waals surface area contributed by atoms with Crippen LogP contribution in [0.15, 0.2) is 48.7 Å². The summed E-state index contributed by atoms with van der Waals surface area (Å²) in [4.78, 5) is 52.5. The highest BCUT2D eigenvalue weighted by Crippen LogP contribution is 2.29. The Morgan fingerprint density at radius 3 is 2.18 bits per heavy atom. The minimum Gasteiger partial charge on any atom is -0.478 e. The third-order valence-electron chi connectivity index (χ3n) is 4.18. The summed E-state index contributed by atoms with van der Waals surface area (Å²) in [6.07, 6.45) is 0.921. The molecule has 0 aliphatic heterocycles. The molecule has 0 spiro atoms. The highest BCUT2D eigenvalue weighted by atomic mass is 35.5. The number of halogens is 1. The van der Waals surface area contributed by atoms with E-state index in [0.717, 1.165) is 24.4 Å². The van der Waals surface area contributed by atoms with Gasteiger partial charge in [0, 0.05) is 18.3 Å². The van der Waals surface area contributed by atoms with Crippen molar-refractivity contribution < 1.29 is 29.5 Å². The van der Waals surface area contributed by atoms with Crippen molar-refractivity contribution in [3.63, 3.8) is 0 Å². The number of carboxylic acids is 2. The fourth-order valence-electron chi connectivity index (χ4n) is 2.73. The third-order valence-corrected chi connectivity index (χ3v) is 4.18. The summed E-state index contributed by atoms with van der Waals surface area (Å²) in [6.45, 7) is 1.37. The molecule has 0 atom stereocenters. The largest absolute Gasteiger partial charge is 0.478 e. The van der Waals surface area contributed by atoms with Crippen molar-refractivity contribution in [1.82, 2.24) is 9.97 Å². The minimum atomic E-state index is -1.37. The van der Waals surface area contributed by atoms with Crippen LogP contribution in [0.2, 0.25) is 0 Å². The number of anilines is 5. The number of hydrogen-bond donors (Lipinski definition) is 5. The molecule has 1 amide bonds. The zero-order valence-electron chi connectivity index (χ0n) is 17.3. The lowest BCUT2D eigenvalue weighted by Gasteiger charge is -2.12. The van der Waals surface area contributed by atoms with Crippen LogP contribution in [0, 0.1) is 10.1 Å². The molecule has 176 valence electrons. The van der Waals surface area contributed by atoms with E-state index in [4.69, 9.17) is 0 Å². The number of carbonyl (C=O) groups is 3. The first-order chi connectivity index (χ1) is 15.6. The van der Waals surface area contributed by atoms with Gasteiger partial charge >= 0.3 is 17.6 Å². The van der Waals surface area contributed by atoms with Gasteiger partial charge in [0.1, 0.15) is 6.20 Å². The topological polar surface area (TPSA) is 197 Å². The van der Waals surface area contributed by atoms with Gasteiger partial charge in [-0.1, -0.05) is 0 Å². The van der Waals surface area contributed by atoms with Crippen molar-refractivity contribution in [2.75, 3.05) is 16.0 Å². The molecule has 3 rings (SSSR count). The number of benzene rings is 2. The molecule has 3 aromatic rings. The lowest BCUT2D eigenvalue weighted by molar-refractivity contribution is -0.384. The average molecular weight is 489 g/mol. The zero-order chi connectivity index (χ0) is 24.1. The van der Waals surface area contributed by atoms with Crippen LogP contribution in [0.4, 0.5) is 34.5 Å². The van der Waals surface area contributed by atoms with Crippen LogP contribution in [-0.4, -0.2) is 43.0 Å². The summed E-state index contributed by atoms with van der Waals surface area (Å²) in [6, 6.07) is 9.66. The molecule has 14 heteroatoms. The Kier molecular flexibility index (Phi) is 8.01. The summed E-state index contributed by atoms with van der Waals surface area (Å²) in [5.41, 5.74) is -0.233. The summed E-state index contributed by atoms with van der Waals surface area (Å²) in [5, 5.41) is 38.0. The van der Waals surface area contributed by atoms with Crippen molar-refractivity contribution in [1.29, 1.82) is 0 Å². The monoisotopic (exact) mass is 488 g/mol. The van der Waals surface area contributed by atoms with E-state index in [9.17, 15) is 34.7 Å². The Hall–Kier alpha value is -4.78. The molecule has 1 aromatic heterocycles. The quantitative estimate of drug-likeness (QED) is 0.229. The molecular weight excluding hydrogens is 472 g/mol. The number of amides is 1. The molecule has 0 unspecified atom stereocenters. The molecule has 34 heavy (non-hydrogen) atoms. The first kappa shape index (κ1) is 25.5. The Labute approximate surface area is 197 Å². The van der Waals surface area contributed by atoms with Crippen LogP contribution in [0.25, 0.3) is 0 Å². The van der Waals surface area contributed by atoms with Crippen LogP contribution in [0.3, 0.4) is 0 Å². The SMILES string of the molecule is CC(=O)Nc1ccc(Nc2ncc([N+](=O)[O-])c(Nc3cc(C(=O)O)ccc3C(=O)O)n2)cc1.Cl. The molecule has 13 nitrogen and oxygen atoms in total. The number of aromatic nitrogens is 2. The molecule has 5 N–H and O–H groups in total. The van der Waals surface area contributed by atoms with Crippen molar-refractivity contribution in [3.8, 4) is 0 Å². The lowest BCUT2D eigenvalue weighted by Crippen LogP contribution is -2.09. The number of nitrogens with one attached hydrogen (secondary N) is 3. The van der Waals surface area contributed by atoms with Gasteiger partial charge in [0.25, 0.3) is 0 Å². The van der Waals surface area contributed by atoms with Crippen LogP contribution in [0.5, 0.6) is 0 Å². The minimum absolute atomic E-state index is 0. The molecular formula is C20H17ClN6O7. The summed E-state index contributed by atoms with van der Waals surface area (Å²) >= 11 is 0. The van der Waals surface area contributed by atoms with Crippen molar-refractivity contribution >= 4 is 64.8 Å². The van der Waals surface area contributed by atoms with Crippen molar-refractivity contribution in [3.05, 3.63) is 69.9 Å². The van der Waals surface area contributed by atoms with Gasteiger partial charge in [0.05, 0.1) is 21.7 Å². The Balaban J connectivity index is 0.00000408. The van der Waals surface area contributed by atoms with Crippen LogP contribution < -0.4 is 16.0 Å². The van der Waals surface area contributed by atoms with E-state index in [1.165, 1.54) is 6.92 Å². The van der Waals surface area contributed by atoms with Crippen molar-refractivity contribution in [2.45, 2.75) is 6.92 Å². The summed E-state index contributed by atoms with van der Waals surface area (Å²) < 4.78 is 0. The van der Waals surface area contributed by atoms with E-state index in [-0.39, 0.29) is 46.9 Å². The first-order valence-corrected chi connectivity index (χ1v) is 9.18. The maximum atomic E-state index is 11.5. The highest BCUT2D eigenvalue weighted by molar-refractivity contribution is 5.98. The van der Waals surface area contributed by atoms with Gasteiger partial charge in [-0.2, -0.15) is 4.98 Å².